The number of anilines is 1. The lowest BCUT2D eigenvalue weighted by molar-refractivity contribution is -0.119. The van der Waals surface area contributed by atoms with E-state index < -0.39 is 0 Å². The summed E-state index contributed by atoms with van der Waals surface area (Å²) in [6.07, 6.45) is 4.74. The first-order valence-electron chi connectivity index (χ1n) is 9.01. The molecule has 2 heterocycles. The van der Waals surface area contributed by atoms with E-state index in [4.69, 9.17) is 5.73 Å². The summed E-state index contributed by atoms with van der Waals surface area (Å²) >= 11 is 0. The van der Waals surface area contributed by atoms with Crippen LogP contribution in [0.1, 0.15) is 49.4 Å². The maximum atomic E-state index is 12.7. The molecular weight excluding hydrogens is 302 g/mol. The van der Waals surface area contributed by atoms with Gasteiger partial charge in [-0.05, 0) is 62.8 Å². The van der Waals surface area contributed by atoms with E-state index in [0.29, 0.717) is 17.9 Å². The summed E-state index contributed by atoms with van der Waals surface area (Å²) in [5.74, 6) is 0.626. The van der Waals surface area contributed by atoms with Crippen LogP contribution in [0.5, 0.6) is 0 Å². The van der Waals surface area contributed by atoms with E-state index >= 15 is 0 Å². The van der Waals surface area contributed by atoms with Crippen molar-refractivity contribution < 1.29 is 9.59 Å². The van der Waals surface area contributed by atoms with E-state index in [1.807, 2.05) is 41.0 Å². The number of carbonyl (C=O) groups is 2. The molecule has 130 valence electrons. The second-order valence-corrected chi connectivity index (χ2v) is 7.06. The highest BCUT2D eigenvalue weighted by molar-refractivity contribution is 5.97. The number of nitrogens with two attached hydrogens (primary N) is 1. The maximum Gasteiger partial charge on any atom is 0.253 e. The Hall–Kier alpha value is -1.88. The summed E-state index contributed by atoms with van der Waals surface area (Å²) in [7, 11) is 0. The van der Waals surface area contributed by atoms with Gasteiger partial charge in [-0.15, -0.1) is 0 Å². The van der Waals surface area contributed by atoms with E-state index in [0.717, 1.165) is 51.0 Å². The van der Waals surface area contributed by atoms with Crippen molar-refractivity contribution in [2.24, 2.45) is 11.7 Å². The van der Waals surface area contributed by atoms with Crippen molar-refractivity contribution in [1.82, 2.24) is 4.90 Å². The van der Waals surface area contributed by atoms with Crippen molar-refractivity contribution in [1.29, 1.82) is 0 Å². The zero-order valence-corrected chi connectivity index (χ0v) is 14.4. The Kier molecular flexibility index (Phi) is 5.19. The minimum Gasteiger partial charge on any atom is -0.338 e. The van der Waals surface area contributed by atoms with Gasteiger partial charge in [-0.3, -0.25) is 9.59 Å². The van der Waals surface area contributed by atoms with Crippen LogP contribution in [0.4, 0.5) is 5.69 Å². The number of hydrogen-bond donors (Lipinski definition) is 1. The highest BCUT2D eigenvalue weighted by Gasteiger charge is 2.26. The van der Waals surface area contributed by atoms with Gasteiger partial charge in [0.1, 0.15) is 0 Å². The molecule has 2 amide bonds. The first-order chi connectivity index (χ1) is 11.6. The normalized spacial score (nSPS) is 23.2. The van der Waals surface area contributed by atoms with Crippen LogP contribution in [0.3, 0.4) is 0 Å². The van der Waals surface area contributed by atoms with Crippen LogP contribution in [-0.2, 0) is 4.79 Å². The number of rotatable bonds is 3. The summed E-state index contributed by atoms with van der Waals surface area (Å²) in [6.45, 7) is 4.33. The fourth-order valence-electron chi connectivity index (χ4n) is 3.67. The van der Waals surface area contributed by atoms with Crippen molar-refractivity contribution >= 4 is 17.5 Å². The number of piperidine rings is 2. The summed E-state index contributed by atoms with van der Waals surface area (Å²) in [4.78, 5) is 28.5. The average molecular weight is 329 g/mol. The second-order valence-electron chi connectivity index (χ2n) is 7.06. The van der Waals surface area contributed by atoms with Crippen molar-refractivity contribution in [3.63, 3.8) is 0 Å². The molecule has 1 aromatic rings. The Morgan fingerprint density at radius 1 is 1.17 bits per heavy atom. The summed E-state index contributed by atoms with van der Waals surface area (Å²) in [5, 5.41) is 0. The first-order valence-corrected chi connectivity index (χ1v) is 9.01. The Morgan fingerprint density at radius 3 is 2.58 bits per heavy atom. The highest BCUT2D eigenvalue weighted by Crippen LogP contribution is 2.24. The third-order valence-corrected chi connectivity index (χ3v) is 5.24. The maximum absolute atomic E-state index is 12.7. The molecule has 2 fully saturated rings. The molecule has 24 heavy (non-hydrogen) atoms. The van der Waals surface area contributed by atoms with Crippen LogP contribution < -0.4 is 10.6 Å². The van der Waals surface area contributed by atoms with Gasteiger partial charge in [-0.1, -0.05) is 0 Å². The molecule has 3 rings (SSSR count). The molecule has 2 aliphatic heterocycles. The van der Waals surface area contributed by atoms with Crippen molar-refractivity contribution in [2.75, 3.05) is 24.5 Å². The van der Waals surface area contributed by atoms with E-state index in [1.165, 1.54) is 0 Å². The van der Waals surface area contributed by atoms with Crippen LogP contribution in [0, 0.1) is 5.92 Å². The Bertz CT molecular complexity index is 597. The molecule has 2 saturated heterocycles. The number of likely N-dealkylation sites (tertiary alicyclic amines) is 1. The van der Waals surface area contributed by atoms with Crippen molar-refractivity contribution in [3.8, 4) is 0 Å². The van der Waals surface area contributed by atoms with Gasteiger partial charge in [0.15, 0.2) is 0 Å². The molecule has 5 nitrogen and oxygen atoms in total. The van der Waals surface area contributed by atoms with Gasteiger partial charge in [0.2, 0.25) is 5.91 Å². The zero-order chi connectivity index (χ0) is 17.1. The van der Waals surface area contributed by atoms with E-state index in [1.54, 1.807) is 0 Å². The lowest BCUT2D eigenvalue weighted by Gasteiger charge is -2.34. The van der Waals surface area contributed by atoms with Crippen LogP contribution >= 0.6 is 0 Å². The molecule has 0 radical (unpaired) electrons. The fraction of sp³-hybridized carbons (Fsp3) is 0.579. The van der Waals surface area contributed by atoms with Gasteiger partial charge >= 0.3 is 0 Å². The van der Waals surface area contributed by atoms with Crippen LogP contribution in [0.25, 0.3) is 0 Å². The number of amides is 2. The summed E-state index contributed by atoms with van der Waals surface area (Å²) in [5.41, 5.74) is 7.59. The molecule has 2 aliphatic rings. The molecule has 1 aromatic carbocycles. The fourth-order valence-corrected chi connectivity index (χ4v) is 3.67. The minimum atomic E-state index is 0.0665. The lowest BCUT2D eigenvalue weighted by Crippen LogP contribution is -2.45. The molecule has 0 saturated carbocycles. The molecule has 2 N–H and O–H groups in total. The summed E-state index contributed by atoms with van der Waals surface area (Å²) < 4.78 is 0. The van der Waals surface area contributed by atoms with E-state index in [9.17, 15) is 9.59 Å². The third kappa shape index (κ3) is 3.61. The highest BCUT2D eigenvalue weighted by atomic mass is 16.2. The van der Waals surface area contributed by atoms with E-state index in [-0.39, 0.29) is 17.9 Å². The molecule has 2 atom stereocenters. The molecule has 0 bridgehead atoms. The van der Waals surface area contributed by atoms with Gasteiger partial charge < -0.3 is 15.5 Å². The predicted octanol–water partition coefficient (Wildman–Crippen LogP) is 2.40. The van der Waals surface area contributed by atoms with Gasteiger partial charge in [0, 0.05) is 43.3 Å². The first kappa shape index (κ1) is 17.0. The minimum absolute atomic E-state index is 0.0665. The number of hydrogen-bond acceptors (Lipinski definition) is 3. The Morgan fingerprint density at radius 2 is 1.92 bits per heavy atom. The molecule has 0 unspecified atom stereocenters. The SMILES string of the molecule is C[C@@H](N)[C@H]1CCCN(C(=O)c2ccc(N3CCCCC3=O)cc2)C1. The molecule has 0 spiro atoms. The largest absolute Gasteiger partial charge is 0.338 e. The van der Waals surface area contributed by atoms with Crippen LogP contribution in [0.2, 0.25) is 0 Å². The second kappa shape index (κ2) is 7.34. The average Bonchev–Trinajstić information content (AvgIpc) is 2.62. The Balaban J connectivity index is 1.68. The van der Waals surface area contributed by atoms with Gasteiger partial charge in [0.05, 0.1) is 0 Å². The topological polar surface area (TPSA) is 66.6 Å². The smallest absolute Gasteiger partial charge is 0.253 e. The van der Waals surface area contributed by atoms with Gasteiger partial charge in [-0.25, -0.2) is 0 Å². The third-order valence-electron chi connectivity index (χ3n) is 5.24. The standard InChI is InChI=1S/C19H27N3O2/c1-14(20)16-5-4-11-21(13-16)19(24)15-7-9-17(10-8-15)22-12-3-2-6-18(22)23/h7-10,14,16H,2-6,11-13,20H2,1H3/t14-,16+/m1/s1. The number of nitrogens with zero attached hydrogens (tertiary/aromatic N) is 2. The lowest BCUT2D eigenvalue weighted by atomic mass is 9.92. The predicted molar refractivity (Wildman–Crippen MR) is 94.9 cm³/mol. The zero-order valence-electron chi connectivity index (χ0n) is 14.4. The van der Waals surface area contributed by atoms with Crippen LogP contribution in [-0.4, -0.2) is 42.4 Å². The molecule has 0 aliphatic carbocycles. The Labute approximate surface area is 143 Å². The molecular formula is C19H27N3O2. The van der Waals surface area contributed by atoms with Gasteiger partial charge in [0.25, 0.3) is 5.91 Å². The monoisotopic (exact) mass is 329 g/mol. The molecule has 0 aromatic heterocycles. The quantitative estimate of drug-likeness (QED) is 0.926. The number of benzene rings is 1. The van der Waals surface area contributed by atoms with Crippen LogP contribution in [0.15, 0.2) is 24.3 Å². The molecule has 5 heteroatoms. The van der Waals surface area contributed by atoms with Gasteiger partial charge in [-0.2, -0.15) is 0 Å². The van der Waals surface area contributed by atoms with E-state index in [2.05, 4.69) is 0 Å². The van der Waals surface area contributed by atoms with Crippen molar-refractivity contribution in [2.45, 2.75) is 45.1 Å². The number of carbonyl (C=O) groups excluding carboxylic acids is 2. The summed E-state index contributed by atoms with van der Waals surface area (Å²) in [6, 6.07) is 7.59. The van der Waals surface area contributed by atoms with Crippen molar-refractivity contribution in [3.05, 3.63) is 29.8 Å².